The van der Waals surface area contributed by atoms with Crippen LogP contribution in [0.15, 0.2) is 22.7 Å². The van der Waals surface area contributed by atoms with Gasteiger partial charge in [-0.25, -0.2) is 4.39 Å². The first-order valence-corrected chi connectivity index (χ1v) is 6.88. The Morgan fingerprint density at radius 1 is 1.35 bits per heavy atom. The number of anilines is 1. The maximum atomic E-state index is 13.2. The summed E-state index contributed by atoms with van der Waals surface area (Å²) in [5.74, 6) is 0.431. The molecule has 0 radical (unpaired) electrons. The molecule has 2 unspecified atom stereocenters. The quantitative estimate of drug-likeness (QED) is 0.825. The van der Waals surface area contributed by atoms with Crippen LogP contribution < -0.4 is 5.32 Å². The third-order valence-corrected chi connectivity index (χ3v) is 4.29. The minimum Gasteiger partial charge on any atom is -0.381 e. The van der Waals surface area contributed by atoms with Crippen molar-refractivity contribution in [2.75, 3.05) is 5.32 Å². The molecule has 2 rings (SSSR count). The van der Waals surface area contributed by atoms with Gasteiger partial charge in [0.1, 0.15) is 5.82 Å². The zero-order chi connectivity index (χ0) is 12.6. The summed E-state index contributed by atoms with van der Waals surface area (Å²) in [6, 6.07) is 5.21. The lowest BCUT2D eigenvalue weighted by atomic mass is 9.91. The van der Waals surface area contributed by atoms with Crippen LogP contribution in [0.4, 0.5) is 10.1 Å². The van der Waals surface area contributed by atoms with Gasteiger partial charge in [-0.1, -0.05) is 20.8 Å². The first-order valence-electron chi connectivity index (χ1n) is 6.09. The van der Waals surface area contributed by atoms with Gasteiger partial charge in [0.15, 0.2) is 0 Å². The van der Waals surface area contributed by atoms with Gasteiger partial charge in [-0.3, -0.25) is 0 Å². The molecule has 1 aromatic rings. The molecule has 0 aliphatic heterocycles. The molecule has 1 aromatic carbocycles. The normalized spacial score (nSPS) is 27.1. The molecule has 1 saturated carbocycles. The van der Waals surface area contributed by atoms with Crippen LogP contribution in [0.2, 0.25) is 0 Å². The van der Waals surface area contributed by atoms with Crippen molar-refractivity contribution in [2.45, 2.75) is 39.7 Å². The highest BCUT2D eigenvalue weighted by Crippen LogP contribution is 2.42. The van der Waals surface area contributed by atoms with E-state index in [1.807, 2.05) is 0 Å². The third kappa shape index (κ3) is 3.01. The summed E-state index contributed by atoms with van der Waals surface area (Å²) in [6.07, 6.45) is 2.36. The van der Waals surface area contributed by atoms with Crippen LogP contribution in [-0.4, -0.2) is 6.04 Å². The molecule has 0 aromatic heterocycles. The van der Waals surface area contributed by atoms with Crippen molar-refractivity contribution in [1.29, 1.82) is 0 Å². The maximum absolute atomic E-state index is 13.2. The minimum absolute atomic E-state index is 0.194. The van der Waals surface area contributed by atoms with Crippen molar-refractivity contribution in [3.63, 3.8) is 0 Å². The highest BCUT2D eigenvalue weighted by molar-refractivity contribution is 9.10. The van der Waals surface area contributed by atoms with Crippen LogP contribution in [0, 0.1) is 17.2 Å². The van der Waals surface area contributed by atoms with Crippen molar-refractivity contribution in [2.24, 2.45) is 11.3 Å². The summed E-state index contributed by atoms with van der Waals surface area (Å²) in [7, 11) is 0. The monoisotopic (exact) mass is 299 g/mol. The van der Waals surface area contributed by atoms with Gasteiger partial charge in [0, 0.05) is 10.5 Å². The molecule has 1 aliphatic rings. The Morgan fingerprint density at radius 2 is 2.06 bits per heavy atom. The van der Waals surface area contributed by atoms with Gasteiger partial charge < -0.3 is 5.32 Å². The van der Waals surface area contributed by atoms with E-state index >= 15 is 0 Å². The fourth-order valence-electron chi connectivity index (χ4n) is 2.89. The Hall–Kier alpha value is -0.570. The Kier molecular flexibility index (Phi) is 3.48. The molecule has 1 N–H and O–H groups in total. The predicted molar refractivity (Wildman–Crippen MR) is 73.7 cm³/mol. The SMILES string of the molecule is CC1CC(C)(C)CC1Nc1cc(F)ccc1Br. The van der Waals surface area contributed by atoms with E-state index < -0.39 is 0 Å². The van der Waals surface area contributed by atoms with Crippen molar-refractivity contribution in [3.8, 4) is 0 Å². The fourth-order valence-corrected chi connectivity index (χ4v) is 3.26. The van der Waals surface area contributed by atoms with Crippen molar-refractivity contribution in [1.82, 2.24) is 0 Å². The highest BCUT2D eigenvalue weighted by Gasteiger charge is 2.36. The summed E-state index contributed by atoms with van der Waals surface area (Å²) < 4.78 is 14.1. The second kappa shape index (κ2) is 4.60. The van der Waals surface area contributed by atoms with Gasteiger partial charge in [-0.05, 0) is 58.3 Å². The Bertz CT molecular complexity index is 417. The molecule has 0 amide bonds. The van der Waals surface area contributed by atoms with E-state index in [-0.39, 0.29) is 5.82 Å². The van der Waals surface area contributed by atoms with Gasteiger partial charge in [0.2, 0.25) is 0 Å². The maximum Gasteiger partial charge on any atom is 0.125 e. The minimum atomic E-state index is -0.194. The molecular formula is C14H19BrFN. The van der Waals surface area contributed by atoms with Crippen molar-refractivity contribution in [3.05, 3.63) is 28.5 Å². The van der Waals surface area contributed by atoms with Crippen LogP contribution in [-0.2, 0) is 0 Å². The lowest BCUT2D eigenvalue weighted by Gasteiger charge is -2.20. The molecule has 17 heavy (non-hydrogen) atoms. The van der Waals surface area contributed by atoms with Crippen LogP contribution >= 0.6 is 15.9 Å². The average Bonchev–Trinajstić information content (AvgIpc) is 2.46. The smallest absolute Gasteiger partial charge is 0.125 e. The van der Waals surface area contributed by atoms with Gasteiger partial charge in [-0.2, -0.15) is 0 Å². The zero-order valence-corrected chi connectivity index (χ0v) is 12.1. The number of hydrogen-bond acceptors (Lipinski definition) is 1. The highest BCUT2D eigenvalue weighted by atomic mass is 79.9. The summed E-state index contributed by atoms with van der Waals surface area (Å²) in [5.41, 5.74) is 1.25. The van der Waals surface area contributed by atoms with Gasteiger partial charge >= 0.3 is 0 Å². The lowest BCUT2D eigenvalue weighted by molar-refractivity contribution is 0.366. The molecule has 0 saturated heterocycles. The number of rotatable bonds is 2. The average molecular weight is 300 g/mol. The standard InChI is InChI=1S/C14H19BrFN/c1-9-7-14(2,3)8-13(9)17-12-6-10(16)4-5-11(12)15/h4-6,9,13,17H,7-8H2,1-3H3. The Balaban J connectivity index is 2.14. The topological polar surface area (TPSA) is 12.0 Å². The Labute approximate surface area is 111 Å². The van der Waals surface area contributed by atoms with Gasteiger partial charge in [0.25, 0.3) is 0 Å². The molecule has 0 bridgehead atoms. The molecular weight excluding hydrogens is 281 g/mol. The molecule has 1 fully saturated rings. The van der Waals surface area contributed by atoms with Crippen LogP contribution in [0.1, 0.15) is 33.6 Å². The van der Waals surface area contributed by atoms with E-state index in [2.05, 4.69) is 42.0 Å². The van der Waals surface area contributed by atoms with E-state index in [0.717, 1.165) is 16.6 Å². The van der Waals surface area contributed by atoms with E-state index in [0.29, 0.717) is 17.4 Å². The molecule has 0 spiro atoms. The second-order valence-electron chi connectivity index (χ2n) is 5.92. The molecule has 1 nitrogen and oxygen atoms in total. The van der Waals surface area contributed by atoms with Crippen molar-refractivity contribution < 1.29 is 4.39 Å². The van der Waals surface area contributed by atoms with E-state index in [1.54, 1.807) is 12.1 Å². The zero-order valence-electron chi connectivity index (χ0n) is 10.6. The number of benzene rings is 1. The number of halogens is 2. The third-order valence-electron chi connectivity index (χ3n) is 3.60. The lowest BCUT2D eigenvalue weighted by Crippen LogP contribution is -2.22. The first kappa shape index (κ1) is 12.9. The largest absolute Gasteiger partial charge is 0.381 e. The summed E-state index contributed by atoms with van der Waals surface area (Å²) in [5, 5.41) is 3.47. The van der Waals surface area contributed by atoms with Crippen LogP contribution in [0.5, 0.6) is 0 Å². The first-order chi connectivity index (χ1) is 7.87. The van der Waals surface area contributed by atoms with Crippen LogP contribution in [0.3, 0.4) is 0 Å². The van der Waals surface area contributed by atoms with Crippen molar-refractivity contribution >= 4 is 21.6 Å². The predicted octanol–water partition coefficient (Wildman–Crippen LogP) is 4.82. The Morgan fingerprint density at radius 3 is 2.65 bits per heavy atom. The number of nitrogens with one attached hydrogen (secondary N) is 1. The van der Waals surface area contributed by atoms with E-state index in [4.69, 9.17) is 0 Å². The fraction of sp³-hybridized carbons (Fsp3) is 0.571. The van der Waals surface area contributed by atoms with Gasteiger partial charge in [-0.15, -0.1) is 0 Å². The summed E-state index contributed by atoms with van der Waals surface area (Å²) in [6.45, 7) is 6.86. The van der Waals surface area contributed by atoms with E-state index in [1.165, 1.54) is 12.5 Å². The summed E-state index contributed by atoms with van der Waals surface area (Å²) >= 11 is 3.46. The molecule has 1 aliphatic carbocycles. The van der Waals surface area contributed by atoms with Crippen LogP contribution in [0.25, 0.3) is 0 Å². The summed E-state index contributed by atoms with van der Waals surface area (Å²) in [4.78, 5) is 0. The molecule has 2 atom stereocenters. The number of hydrogen-bond donors (Lipinski definition) is 1. The van der Waals surface area contributed by atoms with E-state index in [9.17, 15) is 4.39 Å². The molecule has 94 valence electrons. The second-order valence-corrected chi connectivity index (χ2v) is 6.78. The molecule has 0 heterocycles. The van der Waals surface area contributed by atoms with Gasteiger partial charge in [0.05, 0.1) is 5.69 Å². The molecule has 3 heteroatoms.